The average Bonchev–Trinajstić information content (AvgIpc) is 2.90. The number of carbonyl (C=O) groups is 1. The first-order valence-electron chi connectivity index (χ1n) is 5.45. The second kappa shape index (κ2) is 3.69. The molecule has 0 bridgehead atoms. The highest BCUT2D eigenvalue weighted by molar-refractivity contribution is 6.00. The van der Waals surface area contributed by atoms with E-state index in [1.807, 2.05) is 0 Å². The minimum absolute atomic E-state index is 0.0896. The van der Waals surface area contributed by atoms with E-state index in [1.165, 1.54) is 10.7 Å². The fourth-order valence-electron chi connectivity index (χ4n) is 1.83. The highest BCUT2D eigenvalue weighted by Crippen LogP contribution is 2.34. The molecule has 4 nitrogen and oxygen atoms in total. The topological polar surface area (TPSA) is 47.8 Å². The number of rotatable bonds is 2. The van der Waals surface area contributed by atoms with E-state index in [2.05, 4.69) is 10.1 Å². The van der Waals surface area contributed by atoms with Crippen LogP contribution in [0.4, 0.5) is 8.78 Å². The number of hydrogen-bond donors (Lipinski definition) is 0. The third-order valence-corrected chi connectivity index (χ3v) is 2.90. The van der Waals surface area contributed by atoms with Crippen LogP contribution in [0.25, 0.3) is 11.4 Å². The molecule has 92 valence electrons. The molecule has 1 saturated carbocycles. The van der Waals surface area contributed by atoms with Gasteiger partial charge in [-0.3, -0.25) is 4.79 Å². The van der Waals surface area contributed by atoms with Gasteiger partial charge in [0.1, 0.15) is 17.4 Å². The van der Waals surface area contributed by atoms with Gasteiger partial charge in [-0.2, -0.15) is 5.10 Å². The normalized spacial score (nSPS) is 18.2. The summed E-state index contributed by atoms with van der Waals surface area (Å²) in [5, 5.41) is 4.09. The lowest BCUT2D eigenvalue weighted by Gasteiger charge is -2.01. The van der Waals surface area contributed by atoms with Gasteiger partial charge in [0.05, 0.1) is 11.5 Å². The molecular formula is C12H9F2N3O. The van der Waals surface area contributed by atoms with E-state index in [0.717, 1.165) is 12.1 Å². The van der Waals surface area contributed by atoms with E-state index >= 15 is 0 Å². The van der Waals surface area contributed by atoms with Gasteiger partial charge < -0.3 is 0 Å². The van der Waals surface area contributed by atoms with Crippen molar-refractivity contribution in [1.82, 2.24) is 14.8 Å². The summed E-state index contributed by atoms with van der Waals surface area (Å²) in [5.74, 6) is -0.807. The van der Waals surface area contributed by atoms with E-state index in [1.54, 1.807) is 7.05 Å². The summed E-state index contributed by atoms with van der Waals surface area (Å²) in [4.78, 5) is 15.2. The Kier molecular flexibility index (Phi) is 2.26. The zero-order chi connectivity index (χ0) is 12.9. The summed E-state index contributed by atoms with van der Waals surface area (Å²) in [6.45, 7) is 0. The molecule has 2 aromatic rings. The Labute approximate surface area is 101 Å². The van der Waals surface area contributed by atoms with Crippen LogP contribution in [0.2, 0.25) is 0 Å². The molecule has 6 heteroatoms. The summed E-state index contributed by atoms with van der Waals surface area (Å²) in [6, 6.07) is 3.27. The molecule has 3 rings (SSSR count). The summed E-state index contributed by atoms with van der Waals surface area (Å²) in [5.41, 5.74) is 0.172. The Hall–Kier alpha value is -2.11. The molecule has 0 radical (unpaired) electrons. The molecule has 1 unspecified atom stereocenters. The third-order valence-electron chi connectivity index (χ3n) is 2.90. The van der Waals surface area contributed by atoms with E-state index in [0.29, 0.717) is 18.1 Å². The minimum Gasteiger partial charge on any atom is -0.299 e. The number of Topliss-reactive ketones (excluding diaryl/α,β-unsaturated/α-hetero) is 1. The Morgan fingerprint density at radius 3 is 2.72 bits per heavy atom. The largest absolute Gasteiger partial charge is 0.299 e. The maximum atomic E-state index is 13.6. The van der Waals surface area contributed by atoms with Gasteiger partial charge in [-0.05, 0) is 12.1 Å². The van der Waals surface area contributed by atoms with Gasteiger partial charge in [-0.15, -0.1) is 0 Å². The van der Waals surface area contributed by atoms with Crippen LogP contribution in [-0.4, -0.2) is 20.5 Å². The molecule has 0 aliphatic heterocycles. The van der Waals surface area contributed by atoms with Crippen LogP contribution in [0.5, 0.6) is 0 Å². The highest BCUT2D eigenvalue weighted by Gasteiger charge is 2.40. The van der Waals surface area contributed by atoms with E-state index in [9.17, 15) is 13.6 Å². The van der Waals surface area contributed by atoms with E-state index < -0.39 is 11.6 Å². The predicted octanol–water partition coefficient (Wildman–Crippen LogP) is 1.82. The SMILES string of the molecule is Cn1nc(C2CC2=O)nc1-c1ccc(F)cc1F. The van der Waals surface area contributed by atoms with Gasteiger partial charge >= 0.3 is 0 Å². The van der Waals surface area contributed by atoms with Crippen molar-refractivity contribution in [3.63, 3.8) is 0 Å². The lowest BCUT2D eigenvalue weighted by Crippen LogP contribution is -1.97. The average molecular weight is 249 g/mol. The smallest absolute Gasteiger partial charge is 0.162 e. The van der Waals surface area contributed by atoms with Crippen molar-refractivity contribution in [1.29, 1.82) is 0 Å². The fourth-order valence-corrected chi connectivity index (χ4v) is 1.83. The molecule has 0 N–H and O–H groups in total. The summed E-state index contributed by atoms with van der Waals surface area (Å²) in [6.07, 6.45) is 0.440. The van der Waals surface area contributed by atoms with E-state index in [-0.39, 0.29) is 17.3 Å². The molecule has 1 aliphatic rings. The summed E-state index contributed by atoms with van der Waals surface area (Å²) >= 11 is 0. The lowest BCUT2D eigenvalue weighted by atomic mass is 10.2. The Bertz CT molecular complexity index is 651. The van der Waals surface area contributed by atoms with Crippen molar-refractivity contribution in [2.45, 2.75) is 12.3 Å². The van der Waals surface area contributed by atoms with Gasteiger partial charge in [0, 0.05) is 19.5 Å². The number of carbonyl (C=O) groups excluding carboxylic acids is 1. The maximum Gasteiger partial charge on any atom is 0.162 e. The molecule has 1 aromatic heterocycles. The lowest BCUT2D eigenvalue weighted by molar-refractivity contribution is -0.110. The van der Waals surface area contributed by atoms with E-state index in [4.69, 9.17) is 0 Å². The molecular weight excluding hydrogens is 240 g/mol. The van der Waals surface area contributed by atoms with Gasteiger partial charge in [0.25, 0.3) is 0 Å². The van der Waals surface area contributed by atoms with Crippen molar-refractivity contribution >= 4 is 5.78 Å². The second-order valence-corrected chi connectivity index (χ2v) is 4.26. The second-order valence-electron chi connectivity index (χ2n) is 4.26. The van der Waals surface area contributed by atoms with Crippen LogP contribution >= 0.6 is 0 Å². The van der Waals surface area contributed by atoms with Crippen LogP contribution in [0.1, 0.15) is 18.2 Å². The van der Waals surface area contributed by atoms with Crippen molar-refractivity contribution in [2.24, 2.45) is 7.05 Å². The Balaban J connectivity index is 2.05. The summed E-state index contributed by atoms with van der Waals surface area (Å²) in [7, 11) is 1.61. The fraction of sp³-hybridized carbons (Fsp3) is 0.250. The van der Waals surface area contributed by atoms with Gasteiger partial charge in [-0.1, -0.05) is 0 Å². The molecule has 0 amide bonds. The minimum atomic E-state index is -0.695. The quantitative estimate of drug-likeness (QED) is 0.815. The first-order valence-corrected chi connectivity index (χ1v) is 5.45. The number of hydrogen-bond acceptors (Lipinski definition) is 3. The molecule has 1 aliphatic carbocycles. The molecule has 1 fully saturated rings. The molecule has 1 heterocycles. The number of ketones is 1. The zero-order valence-corrected chi connectivity index (χ0v) is 9.52. The molecule has 18 heavy (non-hydrogen) atoms. The molecule has 0 saturated heterocycles. The van der Waals surface area contributed by atoms with Crippen molar-refractivity contribution in [3.8, 4) is 11.4 Å². The van der Waals surface area contributed by atoms with Gasteiger partial charge in [0.2, 0.25) is 0 Å². The number of aromatic nitrogens is 3. The van der Waals surface area contributed by atoms with Crippen molar-refractivity contribution in [3.05, 3.63) is 35.7 Å². The van der Waals surface area contributed by atoms with Crippen molar-refractivity contribution < 1.29 is 13.6 Å². The Morgan fingerprint density at radius 2 is 2.11 bits per heavy atom. The van der Waals surface area contributed by atoms with Crippen LogP contribution in [-0.2, 0) is 11.8 Å². The van der Waals surface area contributed by atoms with Crippen LogP contribution < -0.4 is 0 Å². The van der Waals surface area contributed by atoms with Crippen LogP contribution in [0.3, 0.4) is 0 Å². The number of aryl methyl sites for hydroxylation is 1. The Morgan fingerprint density at radius 1 is 1.39 bits per heavy atom. The van der Waals surface area contributed by atoms with Gasteiger partial charge in [0.15, 0.2) is 11.6 Å². The standard InChI is InChI=1S/C12H9F2N3O/c1-17-12(7-3-2-6(13)4-9(7)14)15-11(16-17)8-5-10(8)18/h2-4,8H,5H2,1H3. The van der Waals surface area contributed by atoms with Crippen molar-refractivity contribution in [2.75, 3.05) is 0 Å². The van der Waals surface area contributed by atoms with Crippen LogP contribution in [0.15, 0.2) is 18.2 Å². The third kappa shape index (κ3) is 1.70. The molecule has 1 atom stereocenters. The number of halogens is 2. The van der Waals surface area contributed by atoms with Crippen LogP contribution in [0, 0.1) is 11.6 Å². The zero-order valence-electron chi connectivity index (χ0n) is 9.52. The first kappa shape index (κ1) is 11.0. The highest BCUT2D eigenvalue weighted by atomic mass is 19.1. The first-order chi connectivity index (χ1) is 8.56. The molecule has 1 aromatic carbocycles. The molecule has 0 spiro atoms. The van der Waals surface area contributed by atoms with Gasteiger partial charge in [-0.25, -0.2) is 18.4 Å². The maximum absolute atomic E-state index is 13.6. The number of benzene rings is 1. The summed E-state index contributed by atoms with van der Waals surface area (Å²) < 4.78 is 27.9. The monoisotopic (exact) mass is 249 g/mol. The number of nitrogens with zero attached hydrogens (tertiary/aromatic N) is 3. The predicted molar refractivity (Wildman–Crippen MR) is 58.7 cm³/mol.